The molecule has 4 aromatic rings. The number of hydrogen-bond acceptors (Lipinski definition) is 8. The van der Waals surface area contributed by atoms with Crippen LogP contribution < -0.4 is 14.4 Å². The van der Waals surface area contributed by atoms with Crippen LogP contribution in [0.5, 0.6) is 11.5 Å². The van der Waals surface area contributed by atoms with Crippen LogP contribution in [0.2, 0.25) is 0 Å². The zero-order chi connectivity index (χ0) is 26.1. The molecule has 0 radical (unpaired) electrons. The Kier molecular flexibility index (Phi) is 6.71. The third-order valence-corrected chi connectivity index (χ3v) is 6.95. The Labute approximate surface area is 217 Å². The Hall–Kier alpha value is -4.11. The fourth-order valence-corrected chi connectivity index (χ4v) is 5.31. The largest absolute Gasteiger partial charge is 0.503 e. The van der Waals surface area contributed by atoms with E-state index in [1.165, 1.54) is 22.3 Å². The summed E-state index contributed by atoms with van der Waals surface area (Å²) < 4.78 is 17.8. The first-order valence-corrected chi connectivity index (χ1v) is 12.9. The number of carbonyl (C=O) groups is 2. The van der Waals surface area contributed by atoms with Crippen LogP contribution in [0.1, 0.15) is 48.2 Å². The van der Waals surface area contributed by atoms with Crippen LogP contribution in [0, 0.1) is 6.92 Å². The van der Waals surface area contributed by atoms with Gasteiger partial charge in [0.1, 0.15) is 17.3 Å². The summed E-state index contributed by atoms with van der Waals surface area (Å²) in [5.74, 6) is -0.00949. The van der Waals surface area contributed by atoms with E-state index in [-0.39, 0.29) is 11.3 Å². The molecule has 0 aliphatic carbocycles. The van der Waals surface area contributed by atoms with Gasteiger partial charge in [0.15, 0.2) is 16.7 Å². The fraction of sp³-hybridized carbons (Fsp3) is 0.250. The number of thiazole rings is 1. The Morgan fingerprint density at radius 2 is 1.92 bits per heavy atom. The SMILES string of the molecule is CCCOc1cccc(C2C(C(=O)c3ccc(C)o3)=C(O)C(=O)N2c2nc3ccc(OCC)cc3s2)c1. The number of benzene rings is 2. The van der Waals surface area contributed by atoms with E-state index in [2.05, 4.69) is 4.98 Å². The van der Waals surface area contributed by atoms with Crippen molar-refractivity contribution in [2.45, 2.75) is 33.2 Å². The van der Waals surface area contributed by atoms with Gasteiger partial charge in [-0.2, -0.15) is 0 Å². The molecular weight excluding hydrogens is 492 g/mol. The van der Waals surface area contributed by atoms with Gasteiger partial charge in [0.25, 0.3) is 5.91 Å². The summed E-state index contributed by atoms with van der Waals surface area (Å²) in [6.07, 6.45) is 0.829. The van der Waals surface area contributed by atoms with E-state index in [0.29, 0.717) is 46.7 Å². The third-order valence-electron chi connectivity index (χ3n) is 5.93. The molecule has 1 unspecified atom stereocenters. The average Bonchev–Trinajstić information content (AvgIpc) is 3.58. The number of ketones is 1. The number of fused-ring (bicyclic) bond motifs is 1. The fourth-order valence-electron chi connectivity index (χ4n) is 4.29. The number of nitrogens with zero attached hydrogens (tertiary/aromatic N) is 2. The van der Waals surface area contributed by atoms with Gasteiger partial charge in [0.05, 0.1) is 35.0 Å². The number of furan rings is 1. The highest BCUT2D eigenvalue weighted by Gasteiger charge is 2.46. The van der Waals surface area contributed by atoms with E-state index in [9.17, 15) is 14.7 Å². The van der Waals surface area contributed by atoms with Crippen molar-refractivity contribution in [2.75, 3.05) is 18.1 Å². The summed E-state index contributed by atoms with van der Waals surface area (Å²) in [6.45, 7) is 6.68. The number of aromatic nitrogens is 1. The van der Waals surface area contributed by atoms with E-state index >= 15 is 0 Å². The zero-order valence-corrected chi connectivity index (χ0v) is 21.5. The lowest BCUT2D eigenvalue weighted by atomic mass is 9.95. The molecule has 190 valence electrons. The highest BCUT2D eigenvalue weighted by molar-refractivity contribution is 7.22. The van der Waals surface area contributed by atoms with Crippen molar-refractivity contribution in [3.05, 3.63) is 83.0 Å². The van der Waals surface area contributed by atoms with E-state index in [1.54, 1.807) is 31.2 Å². The van der Waals surface area contributed by atoms with Crippen molar-refractivity contribution in [1.82, 2.24) is 4.98 Å². The van der Waals surface area contributed by atoms with Crippen molar-refractivity contribution < 1.29 is 28.6 Å². The van der Waals surface area contributed by atoms with Crippen LogP contribution >= 0.6 is 11.3 Å². The maximum Gasteiger partial charge on any atom is 0.296 e. The van der Waals surface area contributed by atoms with Gasteiger partial charge in [0.2, 0.25) is 5.78 Å². The summed E-state index contributed by atoms with van der Waals surface area (Å²) in [7, 11) is 0. The monoisotopic (exact) mass is 518 g/mol. The third kappa shape index (κ3) is 4.58. The highest BCUT2D eigenvalue weighted by Crippen LogP contribution is 2.45. The quantitative estimate of drug-likeness (QED) is 0.264. The first-order valence-electron chi connectivity index (χ1n) is 12.0. The normalized spacial score (nSPS) is 15.6. The number of anilines is 1. The van der Waals surface area contributed by atoms with Crippen LogP contribution in [0.25, 0.3) is 10.2 Å². The van der Waals surface area contributed by atoms with Gasteiger partial charge in [0, 0.05) is 0 Å². The Morgan fingerprint density at radius 1 is 1.11 bits per heavy atom. The van der Waals surface area contributed by atoms with Gasteiger partial charge < -0.3 is 19.0 Å². The van der Waals surface area contributed by atoms with E-state index < -0.39 is 23.5 Å². The van der Waals surface area contributed by atoms with Gasteiger partial charge in [-0.3, -0.25) is 14.5 Å². The van der Waals surface area contributed by atoms with Crippen LogP contribution in [-0.2, 0) is 4.79 Å². The number of aliphatic hydroxyl groups excluding tert-OH is 1. The molecule has 9 heteroatoms. The topological polar surface area (TPSA) is 102 Å². The highest BCUT2D eigenvalue weighted by atomic mass is 32.1. The number of Topliss-reactive ketones (excluding diaryl/α,β-unsaturated/α-hetero) is 1. The van der Waals surface area contributed by atoms with Gasteiger partial charge in [-0.15, -0.1) is 0 Å². The molecule has 1 atom stereocenters. The van der Waals surface area contributed by atoms with Crippen LogP contribution in [0.4, 0.5) is 5.13 Å². The number of aliphatic hydroxyl groups is 1. The van der Waals surface area contributed by atoms with Crippen molar-refractivity contribution in [1.29, 1.82) is 0 Å². The molecule has 2 aromatic heterocycles. The lowest BCUT2D eigenvalue weighted by molar-refractivity contribution is -0.117. The van der Waals surface area contributed by atoms with E-state index in [0.717, 1.165) is 11.1 Å². The first-order chi connectivity index (χ1) is 17.9. The number of carbonyl (C=O) groups excluding carboxylic acids is 2. The molecule has 3 heterocycles. The summed E-state index contributed by atoms with van der Waals surface area (Å²) >= 11 is 1.28. The molecule has 1 aliphatic heterocycles. The predicted molar refractivity (Wildman–Crippen MR) is 141 cm³/mol. The van der Waals surface area contributed by atoms with Crippen LogP contribution in [-0.4, -0.2) is 35.0 Å². The van der Waals surface area contributed by atoms with Crippen molar-refractivity contribution in [3.63, 3.8) is 0 Å². The van der Waals surface area contributed by atoms with E-state index in [4.69, 9.17) is 13.9 Å². The Bertz CT molecular complexity index is 1520. The summed E-state index contributed by atoms with van der Waals surface area (Å²) in [4.78, 5) is 33.1. The average molecular weight is 519 g/mol. The number of amides is 1. The Morgan fingerprint density at radius 3 is 2.65 bits per heavy atom. The van der Waals surface area contributed by atoms with Gasteiger partial charge in [-0.1, -0.05) is 30.4 Å². The molecule has 37 heavy (non-hydrogen) atoms. The van der Waals surface area contributed by atoms with Gasteiger partial charge in [-0.25, -0.2) is 4.98 Å². The summed E-state index contributed by atoms with van der Waals surface area (Å²) in [6, 6.07) is 15.0. The number of hydrogen-bond donors (Lipinski definition) is 1. The minimum absolute atomic E-state index is 0.0442. The predicted octanol–water partition coefficient (Wildman–Crippen LogP) is 6.17. The van der Waals surface area contributed by atoms with E-state index in [1.807, 2.05) is 38.1 Å². The maximum absolute atomic E-state index is 13.6. The molecule has 0 saturated heterocycles. The standard InChI is InChI=1S/C28H26N2O6S/c1-4-13-35-18-8-6-7-17(14-18)24-23(25(31)21-12-9-16(3)36-21)26(32)27(33)30(24)28-29-20-11-10-19(34-5-2)15-22(20)37-28/h6-12,14-15,24,32H,4-5,13H2,1-3H3. The molecule has 0 spiro atoms. The van der Waals surface area contributed by atoms with Gasteiger partial charge >= 0.3 is 0 Å². The second-order valence-corrected chi connectivity index (χ2v) is 9.57. The van der Waals surface area contributed by atoms with Crippen molar-refractivity contribution >= 4 is 38.4 Å². The molecule has 5 rings (SSSR count). The molecular formula is C28H26N2O6S. The minimum atomic E-state index is -0.928. The van der Waals surface area contributed by atoms with Crippen molar-refractivity contribution in [2.24, 2.45) is 0 Å². The molecule has 1 amide bonds. The zero-order valence-electron chi connectivity index (χ0n) is 20.7. The van der Waals surface area contributed by atoms with Crippen molar-refractivity contribution in [3.8, 4) is 11.5 Å². The molecule has 0 fully saturated rings. The van der Waals surface area contributed by atoms with Crippen LogP contribution in [0.3, 0.4) is 0 Å². The van der Waals surface area contributed by atoms with Gasteiger partial charge in [-0.05, 0) is 68.3 Å². The number of aryl methyl sites for hydroxylation is 1. The smallest absolute Gasteiger partial charge is 0.296 e. The minimum Gasteiger partial charge on any atom is -0.503 e. The summed E-state index contributed by atoms with van der Waals surface area (Å²) in [5, 5.41) is 11.4. The first kappa shape index (κ1) is 24.6. The Balaban J connectivity index is 1.63. The number of rotatable bonds is 9. The molecule has 2 aromatic carbocycles. The van der Waals surface area contributed by atoms with Crippen LogP contribution in [0.15, 0.2) is 70.3 Å². The lowest BCUT2D eigenvalue weighted by Gasteiger charge is -2.24. The number of ether oxygens (including phenoxy) is 2. The molecule has 8 nitrogen and oxygen atoms in total. The summed E-state index contributed by atoms with van der Waals surface area (Å²) in [5.41, 5.74) is 1.21. The molecule has 1 N–H and O–H groups in total. The lowest BCUT2D eigenvalue weighted by Crippen LogP contribution is -2.31. The second kappa shape index (κ2) is 10.1. The molecule has 0 bridgehead atoms. The molecule has 0 saturated carbocycles. The molecule has 1 aliphatic rings. The second-order valence-electron chi connectivity index (χ2n) is 8.56. The maximum atomic E-state index is 13.6.